The molecule has 2 N–H and O–H groups in total. The minimum atomic E-state index is -1.00. The maximum absolute atomic E-state index is 13.3. The number of ether oxygens (including phenoxy) is 1. The number of carbonyl (C=O) groups is 3. The number of benzene rings is 2. The Kier molecular flexibility index (Phi) is 7.20. The van der Waals surface area contributed by atoms with Crippen molar-refractivity contribution in [3.8, 4) is 11.1 Å². The normalized spacial score (nSPS) is 19.0. The number of fused-ring (bicyclic) bond motifs is 3. The second kappa shape index (κ2) is 10.3. The van der Waals surface area contributed by atoms with E-state index >= 15 is 0 Å². The summed E-state index contributed by atoms with van der Waals surface area (Å²) in [7, 11) is 0. The molecule has 1 fully saturated rings. The molecule has 180 valence electrons. The summed E-state index contributed by atoms with van der Waals surface area (Å²) in [6, 6.07) is 14.5. The SMILES string of the molecule is CCC(C)[C@H](NC(=O)OCC1c2ccccc2-c2ccccc21)C(=O)N1CCCCC1C(=O)O. The van der Waals surface area contributed by atoms with E-state index in [4.69, 9.17) is 4.74 Å². The monoisotopic (exact) mass is 464 g/mol. The van der Waals surface area contributed by atoms with Gasteiger partial charge in [-0.25, -0.2) is 9.59 Å². The van der Waals surface area contributed by atoms with Crippen molar-refractivity contribution >= 4 is 18.0 Å². The summed E-state index contributed by atoms with van der Waals surface area (Å²) in [5.41, 5.74) is 4.52. The molecule has 2 aromatic carbocycles. The average Bonchev–Trinajstić information content (AvgIpc) is 3.18. The van der Waals surface area contributed by atoms with Crippen LogP contribution in [0.15, 0.2) is 48.5 Å². The van der Waals surface area contributed by atoms with E-state index in [0.717, 1.165) is 35.1 Å². The number of carbonyl (C=O) groups excluding carboxylic acids is 2. The second-order valence-electron chi connectivity index (χ2n) is 9.21. The lowest BCUT2D eigenvalue weighted by Crippen LogP contribution is -2.57. The summed E-state index contributed by atoms with van der Waals surface area (Å²) < 4.78 is 5.64. The van der Waals surface area contributed by atoms with Crippen LogP contribution in [0.1, 0.15) is 56.6 Å². The first-order valence-corrected chi connectivity index (χ1v) is 12.1. The zero-order chi connectivity index (χ0) is 24.2. The summed E-state index contributed by atoms with van der Waals surface area (Å²) >= 11 is 0. The van der Waals surface area contributed by atoms with Gasteiger partial charge >= 0.3 is 12.1 Å². The van der Waals surface area contributed by atoms with Gasteiger partial charge in [-0.2, -0.15) is 0 Å². The third-order valence-electron chi connectivity index (χ3n) is 7.17. The van der Waals surface area contributed by atoms with Crippen LogP contribution in [0.3, 0.4) is 0 Å². The Morgan fingerprint density at radius 2 is 1.68 bits per heavy atom. The number of amides is 2. The van der Waals surface area contributed by atoms with E-state index in [2.05, 4.69) is 29.6 Å². The maximum Gasteiger partial charge on any atom is 0.407 e. The molecule has 0 bridgehead atoms. The van der Waals surface area contributed by atoms with Crippen molar-refractivity contribution in [1.29, 1.82) is 0 Å². The van der Waals surface area contributed by atoms with E-state index < -0.39 is 24.1 Å². The molecule has 7 heteroatoms. The predicted octanol–water partition coefficient (Wildman–Crippen LogP) is 4.41. The van der Waals surface area contributed by atoms with E-state index in [0.29, 0.717) is 19.4 Å². The molecule has 2 unspecified atom stereocenters. The summed E-state index contributed by atoms with van der Waals surface area (Å²) in [5, 5.41) is 12.3. The molecule has 34 heavy (non-hydrogen) atoms. The van der Waals surface area contributed by atoms with Crippen LogP contribution >= 0.6 is 0 Å². The van der Waals surface area contributed by atoms with Gasteiger partial charge in [-0.05, 0) is 47.4 Å². The van der Waals surface area contributed by atoms with Crippen molar-refractivity contribution in [3.63, 3.8) is 0 Å². The van der Waals surface area contributed by atoms with Gasteiger partial charge in [0.05, 0.1) is 0 Å². The summed E-state index contributed by atoms with van der Waals surface area (Å²) in [5.74, 6) is -1.59. The molecule has 2 aromatic rings. The maximum atomic E-state index is 13.3. The van der Waals surface area contributed by atoms with E-state index in [-0.39, 0.29) is 24.3 Å². The Bertz CT molecular complexity index is 1020. The van der Waals surface area contributed by atoms with Crippen LogP contribution < -0.4 is 5.32 Å². The number of hydrogen-bond acceptors (Lipinski definition) is 4. The lowest BCUT2D eigenvalue weighted by Gasteiger charge is -2.36. The van der Waals surface area contributed by atoms with Gasteiger partial charge in [0.1, 0.15) is 18.7 Å². The molecule has 1 saturated heterocycles. The minimum Gasteiger partial charge on any atom is -0.480 e. The molecule has 1 aliphatic carbocycles. The van der Waals surface area contributed by atoms with Gasteiger partial charge in [0.2, 0.25) is 5.91 Å². The van der Waals surface area contributed by atoms with Crippen LogP contribution in [0.5, 0.6) is 0 Å². The first-order chi connectivity index (χ1) is 16.4. The van der Waals surface area contributed by atoms with Gasteiger partial charge in [-0.3, -0.25) is 4.79 Å². The zero-order valence-electron chi connectivity index (χ0n) is 19.7. The summed E-state index contributed by atoms with van der Waals surface area (Å²) in [6.45, 7) is 4.36. The predicted molar refractivity (Wildman–Crippen MR) is 128 cm³/mol. The molecular formula is C27H32N2O5. The van der Waals surface area contributed by atoms with Crippen LogP contribution in [0.4, 0.5) is 4.79 Å². The number of alkyl carbamates (subject to hydrolysis) is 1. The molecule has 0 radical (unpaired) electrons. The number of likely N-dealkylation sites (tertiary alicyclic amines) is 1. The highest BCUT2D eigenvalue weighted by atomic mass is 16.5. The fourth-order valence-corrected chi connectivity index (χ4v) is 5.08. The van der Waals surface area contributed by atoms with Crippen LogP contribution in [0.25, 0.3) is 11.1 Å². The highest BCUT2D eigenvalue weighted by Gasteiger charge is 2.38. The topological polar surface area (TPSA) is 95.9 Å². The van der Waals surface area contributed by atoms with Crippen molar-refractivity contribution in [2.45, 2.75) is 57.5 Å². The molecule has 0 saturated carbocycles. The largest absolute Gasteiger partial charge is 0.480 e. The Balaban J connectivity index is 1.46. The number of nitrogens with zero attached hydrogens (tertiary/aromatic N) is 1. The lowest BCUT2D eigenvalue weighted by atomic mass is 9.95. The zero-order valence-corrected chi connectivity index (χ0v) is 19.7. The number of carboxylic acids is 1. The van der Waals surface area contributed by atoms with Crippen molar-refractivity contribution < 1.29 is 24.2 Å². The Morgan fingerprint density at radius 1 is 1.06 bits per heavy atom. The number of hydrogen-bond donors (Lipinski definition) is 2. The second-order valence-corrected chi connectivity index (χ2v) is 9.21. The summed E-state index contributed by atoms with van der Waals surface area (Å²) in [4.78, 5) is 39.3. The van der Waals surface area contributed by atoms with Crippen molar-refractivity contribution in [2.75, 3.05) is 13.2 Å². The molecule has 7 nitrogen and oxygen atoms in total. The van der Waals surface area contributed by atoms with Crippen LogP contribution in [0, 0.1) is 5.92 Å². The highest BCUT2D eigenvalue weighted by Crippen LogP contribution is 2.44. The van der Waals surface area contributed by atoms with E-state index in [1.165, 1.54) is 4.90 Å². The average molecular weight is 465 g/mol. The van der Waals surface area contributed by atoms with Gasteiger partial charge in [-0.1, -0.05) is 68.8 Å². The van der Waals surface area contributed by atoms with Gasteiger partial charge < -0.3 is 20.1 Å². The molecule has 4 rings (SSSR count). The van der Waals surface area contributed by atoms with Crippen LogP contribution in [-0.2, 0) is 14.3 Å². The molecule has 3 atom stereocenters. The molecule has 1 heterocycles. The first kappa shape index (κ1) is 23.8. The molecule has 2 aliphatic rings. The van der Waals surface area contributed by atoms with Gasteiger partial charge in [-0.15, -0.1) is 0 Å². The number of piperidine rings is 1. The van der Waals surface area contributed by atoms with Crippen LogP contribution in [-0.4, -0.2) is 53.2 Å². The molecule has 2 amide bonds. The van der Waals surface area contributed by atoms with E-state index in [1.54, 1.807) is 0 Å². The Morgan fingerprint density at radius 3 is 2.26 bits per heavy atom. The smallest absolute Gasteiger partial charge is 0.407 e. The number of carboxylic acid groups (broad SMARTS) is 1. The van der Waals surface area contributed by atoms with Crippen molar-refractivity contribution in [1.82, 2.24) is 10.2 Å². The molecular weight excluding hydrogens is 432 g/mol. The summed E-state index contributed by atoms with van der Waals surface area (Å²) in [6.07, 6.45) is 1.96. The number of nitrogens with one attached hydrogen (secondary N) is 1. The molecule has 0 spiro atoms. The quantitative estimate of drug-likeness (QED) is 0.633. The van der Waals surface area contributed by atoms with E-state index in [1.807, 2.05) is 38.1 Å². The van der Waals surface area contributed by atoms with Gasteiger partial charge in [0.25, 0.3) is 0 Å². The van der Waals surface area contributed by atoms with Crippen molar-refractivity contribution in [2.24, 2.45) is 5.92 Å². The van der Waals surface area contributed by atoms with Gasteiger partial charge in [0, 0.05) is 12.5 Å². The molecule has 1 aliphatic heterocycles. The Hall–Kier alpha value is -3.35. The van der Waals surface area contributed by atoms with Crippen LogP contribution in [0.2, 0.25) is 0 Å². The number of aliphatic carboxylic acids is 1. The lowest BCUT2D eigenvalue weighted by molar-refractivity contribution is -0.153. The standard InChI is InChI=1S/C27H32N2O5/c1-3-17(2)24(25(30)29-15-9-8-14-23(29)26(31)32)28-27(33)34-16-22-20-12-6-4-10-18(20)19-11-5-7-13-21(19)22/h4-7,10-13,17,22-24H,3,8-9,14-16H2,1-2H3,(H,28,33)(H,31,32)/t17?,23?,24-/m0/s1. The molecule has 0 aromatic heterocycles. The first-order valence-electron chi connectivity index (χ1n) is 12.1. The van der Waals surface area contributed by atoms with Crippen molar-refractivity contribution in [3.05, 3.63) is 59.7 Å². The van der Waals surface area contributed by atoms with Gasteiger partial charge in [0.15, 0.2) is 0 Å². The Labute approximate surface area is 200 Å². The minimum absolute atomic E-state index is 0.0746. The third kappa shape index (κ3) is 4.65. The fraction of sp³-hybridized carbons (Fsp3) is 0.444. The third-order valence-corrected chi connectivity index (χ3v) is 7.17. The highest BCUT2D eigenvalue weighted by molar-refractivity contribution is 5.89. The van der Waals surface area contributed by atoms with E-state index in [9.17, 15) is 19.5 Å². The fourth-order valence-electron chi connectivity index (χ4n) is 5.08. The number of rotatable bonds is 7.